The van der Waals surface area contributed by atoms with E-state index in [0.717, 1.165) is 4.47 Å². The lowest BCUT2D eigenvalue weighted by Crippen LogP contribution is -2.19. The lowest BCUT2D eigenvalue weighted by molar-refractivity contribution is -0.150. The molecule has 0 aliphatic heterocycles. The lowest BCUT2D eigenvalue weighted by Gasteiger charge is -2.25. The van der Waals surface area contributed by atoms with Crippen molar-refractivity contribution in [3.63, 3.8) is 0 Å². The first-order valence-corrected chi connectivity index (χ1v) is 7.08. The van der Waals surface area contributed by atoms with Crippen LogP contribution in [0.15, 0.2) is 22.7 Å². The van der Waals surface area contributed by atoms with E-state index in [0.29, 0.717) is 23.8 Å². The molecule has 0 bridgehead atoms. The number of carbonyl (C=O) groups excluding carboxylic acids is 1. The Morgan fingerprint density at radius 2 is 2.21 bits per heavy atom. The zero-order chi connectivity index (χ0) is 13.8. The van der Waals surface area contributed by atoms with E-state index in [1.54, 1.807) is 12.1 Å². The number of esters is 1. The van der Waals surface area contributed by atoms with Gasteiger partial charge in [-0.2, -0.15) is 0 Å². The van der Waals surface area contributed by atoms with Crippen LogP contribution in [0.2, 0.25) is 0 Å². The number of hydrogen-bond donors (Lipinski definition) is 1. The molecule has 1 unspecified atom stereocenters. The second-order valence-corrected chi connectivity index (χ2v) is 5.67. The van der Waals surface area contributed by atoms with Crippen LogP contribution < -0.4 is 4.74 Å². The Balaban J connectivity index is 2.07. The van der Waals surface area contributed by atoms with E-state index in [1.807, 2.05) is 6.07 Å². The average Bonchev–Trinajstić information content (AvgIpc) is 2.34. The van der Waals surface area contributed by atoms with Crippen molar-refractivity contribution < 1.29 is 19.4 Å². The van der Waals surface area contributed by atoms with Crippen LogP contribution >= 0.6 is 15.9 Å². The summed E-state index contributed by atoms with van der Waals surface area (Å²) in [5.41, 5.74) is 0.463. The van der Waals surface area contributed by atoms with E-state index >= 15 is 0 Å². The standard InChI is InChI=1S/C14H17BrO4/c1-18-14(17)13(16)10-5-11(15)7-12(6-10)19-8-9-3-2-4-9/h5-7,9,13,16H,2-4,8H2,1H3. The maximum atomic E-state index is 11.3. The summed E-state index contributed by atoms with van der Waals surface area (Å²) in [7, 11) is 1.25. The van der Waals surface area contributed by atoms with Crippen molar-refractivity contribution in [2.75, 3.05) is 13.7 Å². The highest BCUT2D eigenvalue weighted by molar-refractivity contribution is 9.10. The Hall–Kier alpha value is -1.07. The van der Waals surface area contributed by atoms with Crippen LogP contribution in [-0.4, -0.2) is 24.8 Å². The van der Waals surface area contributed by atoms with Gasteiger partial charge in [0.25, 0.3) is 0 Å². The van der Waals surface area contributed by atoms with Gasteiger partial charge < -0.3 is 14.6 Å². The number of aliphatic hydroxyl groups is 1. The Morgan fingerprint density at radius 1 is 1.47 bits per heavy atom. The van der Waals surface area contributed by atoms with Crippen molar-refractivity contribution in [2.24, 2.45) is 5.92 Å². The highest BCUT2D eigenvalue weighted by Crippen LogP contribution is 2.29. The van der Waals surface area contributed by atoms with Gasteiger partial charge in [0.1, 0.15) is 5.75 Å². The summed E-state index contributed by atoms with van der Waals surface area (Å²) < 4.78 is 11.0. The summed E-state index contributed by atoms with van der Waals surface area (Å²) in [6.07, 6.45) is 2.42. The Labute approximate surface area is 120 Å². The molecule has 104 valence electrons. The van der Waals surface area contributed by atoms with E-state index in [1.165, 1.54) is 26.4 Å². The van der Waals surface area contributed by atoms with E-state index < -0.39 is 12.1 Å². The van der Waals surface area contributed by atoms with Crippen LogP contribution in [0, 0.1) is 5.92 Å². The van der Waals surface area contributed by atoms with Gasteiger partial charge in [-0.25, -0.2) is 4.79 Å². The third-order valence-corrected chi connectivity index (χ3v) is 3.80. The third kappa shape index (κ3) is 3.70. The molecule has 1 aromatic carbocycles. The molecular formula is C14H17BrO4. The normalized spacial score (nSPS) is 16.6. The second kappa shape index (κ2) is 6.39. The fourth-order valence-corrected chi connectivity index (χ4v) is 2.44. The highest BCUT2D eigenvalue weighted by Gasteiger charge is 2.21. The predicted molar refractivity (Wildman–Crippen MR) is 74.0 cm³/mol. The van der Waals surface area contributed by atoms with Crippen molar-refractivity contribution in [2.45, 2.75) is 25.4 Å². The maximum absolute atomic E-state index is 11.3. The predicted octanol–water partition coefficient (Wildman–Crippen LogP) is 2.83. The van der Waals surface area contributed by atoms with Gasteiger partial charge in [-0.3, -0.25) is 0 Å². The van der Waals surface area contributed by atoms with Crippen LogP contribution in [0.3, 0.4) is 0 Å². The fourth-order valence-electron chi connectivity index (χ4n) is 1.95. The van der Waals surface area contributed by atoms with Gasteiger partial charge in [0.2, 0.25) is 0 Å². The molecule has 1 aliphatic carbocycles. The van der Waals surface area contributed by atoms with Gasteiger partial charge in [-0.15, -0.1) is 0 Å². The summed E-state index contributed by atoms with van der Waals surface area (Å²) in [6.45, 7) is 0.685. The zero-order valence-electron chi connectivity index (χ0n) is 10.8. The van der Waals surface area contributed by atoms with E-state index in [4.69, 9.17) is 4.74 Å². The number of hydrogen-bond acceptors (Lipinski definition) is 4. The van der Waals surface area contributed by atoms with Gasteiger partial charge in [0, 0.05) is 4.47 Å². The molecule has 0 aromatic heterocycles. The minimum absolute atomic E-state index is 0.463. The molecule has 0 heterocycles. The summed E-state index contributed by atoms with van der Waals surface area (Å²) >= 11 is 3.35. The first-order valence-electron chi connectivity index (χ1n) is 6.29. The van der Waals surface area contributed by atoms with Crippen LogP contribution in [0.25, 0.3) is 0 Å². The van der Waals surface area contributed by atoms with Gasteiger partial charge in [0.05, 0.1) is 13.7 Å². The molecule has 2 rings (SSSR count). The van der Waals surface area contributed by atoms with E-state index in [9.17, 15) is 9.90 Å². The fraction of sp³-hybridized carbons (Fsp3) is 0.500. The van der Waals surface area contributed by atoms with Gasteiger partial charge in [-0.1, -0.05) is 22.4 Å². The smallest absolute Gasteiger partial charge is 0.339 e. The molecule has 1 fully saturated rings. The molecule has 5 heteroatoms. The molecule has 19 heavy (non-hydrogen) atoms. The van der Waals surface area contributed by atoms with Crippen molar-refractivity contribution in [1.82, 2.24) is 0 Å². The lowest BCUT2D eigenvalue weighted by atomic mass is 9.86. The van der Waals surface area contributed by atoms with Crippen molar-refractivity contribution >= 4 is 21.9 Å². The number of aliphatic hydroxyl groups excluding tert-OH is 1. The maximum Gasteiger partial charge on any atom is 0.339 e. The minimum atomic E-state index is -1.28. The topological polar surface area (TPSA) is 55.8 Å². The Bertz CT molecular complexity index is 457. The largest absolute Gasteiger partial charge is 0.493 e. The van der Waals surface area contributed by atoms with Crippen LogP contribution in [0.5, 0.6) is 5.75 Å². The number of ether oxygens (including phenoxy) is 2. The summed E-state index contributed by atoms with van der Waals surface area (Å²) in [5, 5.41) is 9.82. The molecular weight excluding hydrogens is 312 g/mol. The molecule has 1 aromatic rings. The van der Waals surface area contributed by atoms with Crippen LogP contribution in [-0.2, 0) is 9.53 Å². The zero-order valence-corrected chi connectivity index (χ0v) is 12.4. The molecule has 0 radical (unpaired) electrons. The first-order chi connectivity index (χ1) is 9.10. The van der Waals surface area contributed by atoms with E-state index in [-0.39, 0.29) is 0 Å². The van der Waals surface area contributed by atoms with Crippen LogP contribution in [0.1, 0.15) is 30.9 Å². The molecule has 1 atom stereocenters. The van der Waals surface area contributed by atoms with Gasteiger partial charge in [0.15, 0.2) is 6.10 Å². The van der Waals surface area contributed by atoms with Crippen molar-refractivity contribution in [3.8, 4) is 5.75 Å². The molecule has 0 saturated heterocycles. The van der Waals surface area contributed by atoms with Gasteiger partial charge >= 0.3 is 5.97 Å². The monoisotopic (exact) mass is 328 g/mol. The average molecular weight is 329 g/mol. The molecule has 0 spiro atoms. The Morgan fingerprint density at radius 3 is 2.79 bits per heavy atom. The molecule has 1 aliphatic rings. The number of methoxy groups -OCH3 is 1. The molecule has 1 saturated carbocycles. The summed E-state index contributed by atoms with van der Waals surface area (Å²) in [5.74, 6) is 0.607. The highest BCUT2D eigenvalue weighted by atomic mass is 79.9. The SMILES string of the molecule is COC(=O)C(O)c1cc(Br)cc(OCC2CCC2)c1. The first kappa shape index (κ1) is 14.3. The number of benzene rings is 1. The number of halogens is 1. The van der Waals surface area contributed by atoms with Gasteiger partial charge in [-0.05, 0) is 42.5 Å². The third-order valence-electron chi connectivity index (χ3n) is 3.34. The number of rotatable bonds is 5. The number of carbonyl (C=O) groups is 1. The minimum Gasteiger partial charge on any atom is -0.493 e. The summed E-state index contributed by atoms with van der Waals surface area (Å²) in [6, 6.07) is 5.18. The van der Waals surface area contributed by atoms with E-state index in [2.05, 4.69) is 20.7 Å². The second-order valence-electron chi connectivity index (χ2n) is 4.75. The Kier molecular flexibility index (Phi) is 4.82. The van der Waals surface area contributed by atoms with Crippen molar-refractivity contribution in [1.29, 1.82) is 0 Å². The summed E-state index contributed by atoms with van der Waals surface area (Å²) in [4.78, 5) is 11.3. The quantitative estimate of drug-likeness (QED) is 0.844. The van der Waals surface area contributed by atoms with Crippen LogP contribution in [0.4, 0.5) is 0 Å². The molecule has 0 amide bonds. The molecule has 1 N–H and O–H groups in total. The van der Waals surface area contributed by atoms with Crippen molar-refractivity contribution in [3.05, 3.63) is 28.2 Å². The molecule has 4 nitrogen and oxygen atoms in total.